The number of hydrogen-bond acceptors (Lipinski definition) is 3. The first kappa shape index (κ1) is 20.8. The van der Waals surface area contributed by atoms with Crippen molar-refractivity contribution in [1.82, 2.24) is 4.90 Å². The largest absolute Gasteiger partial charge is 0.386 e. The summed E-state index contributed by atoms with van der Waals surface area (Å²) in [6, 6.07) is 26.1. The van der Waals surface area contributed by atoms with Crippen LogP contribution < -0.4 is 0 Å². The highest BCUT2D eigenvalue weighted by molar-refractivity contribution is 5.40. The lowest BCUT2D eigenvalue weighted by Crippen LogP contribution is -2.38. The zero-order valence-electron chi connectivity index (χ0n) is 17.3. The molecule has 1 N–H and O–H groups in total. The third-order valence-corrected chi connectivity index (χ3v) is 5.32. The van der Waals surface area contributed by atoms with Crippen LogP contribution in [0.4, 0.5) is 0 Å². The Labute approximate surface area is 173 Å². The third kappa shape index (κ3) is 5.12. The molecule has 0 spiro atoms. The van der Waals surface area contributed by atoms with Crippen molar-refractivity contribution < 1.29 is 5.11 Å². The molecule has 2 atom stereocenters. The number of aliphatic hydroxyl groups excluding tert-OH is 1. The molecule has 0 unspecified atom stereocenters. The summed E-state index contributed by atoms with van der Waals surface area (Å²) in [5, 5.41) is 21.4. The Morgan fingerprint density at radius 1 is 0.828 bits per heavy atom. The van der Waals surface area contributed by atoms with E-state index in [1.165, 1.54) is 0 Å². The molecule has 148 valence electrons. The molecule has 0 saturated carbocycles. The van der Waals surface area contributed by atoms with Gasteiger partial charge in [0, 0.05) is 13.1 Å². The minimum Gasteiger partial charge on any atom is -0.386 e. The van der Waals surface area contributed by atoms with E-state index < -0.39 is 12.1 Å². The first-order valence-corrected chi connectivity index (χ1v) is 9.97. The molecule has 0 aliphatic heterocycles. The van der Waals surface area contributed by atoms with Gasteiger partial charge in [-0.25, -0.2) is 0 Å². The topological polar surface area (TPSA) is 47.3 Å². The normalized spacial score (nSPS) is 13.1. The predicted octanol–water partition coefficient (Wildman–Crippen LogP) is 5.24. The van der Waals surface area contributed by atoms with Crippen molar-refractivity contribution in [1.29, 1.82) is 5.26 Å². The molecule has 0 aromatic heterocycles. The number of nitriles is 1. The molecule has 3 rings (SSSR count). The van der Waals surface area contributed by atoms with E-state index in [0.717, 1.165) is 33.4 Å². The number of rotatable bonds is 7. The van der Waals surface area contributed by atoms with E-state index >= 15 is 0 Å². The summed E-state index contributed by atoms with van der Waals surface area (Å²) in [5.41, 5.74) is 6.30. The first-order chi connectivity index (χ1) is 14.0. The minimum absolute atomic E-state index is 0.592. The van der Waals surface area contributed by atoms with E-state index in [2.05, 4.69) is 54.3 Å². The van der Waals surface area contributed by atoms with Crippen molar-refractivity contribution >= 4 is 0 Å². The highest BCUT2D eigenvalue weighted by Crippen LogP contribution is 2.29. The molecular formula is C26H28N2O. The number of benzene rings is 3. The molecule has 3 aromatic carbocycles. The number of hydrogen-bond donors (Lipinski definition) is 1. The lowest BCUT2D eigenvalue weighted by Gasteiger charge is -2.32. The predicted molar refractivity (Wildman–Crippen MR) is 117 cm³/mol. The molecule has 3 heteroatoms. The van der Waals surface area contributed by atoms with Crippen molar-refractivity contribution in [3.05, 3.63) is 106 Å². The Hall–Kier alpha value is -2.93. The van der Waals surface area contributed by atoms with Gasteiger partial charge < -0.3 is 5.11 Å². The number of nitrogens with zero attached hydrogens (tertiary/aromatic N) is 2. The Bertz CT molecular complexity index is 912. The second-order valence-electron chi connectivity index (χ2n) is 7.71. The number of aliphatic hydroxyl groups is 1. The molecule has 0 fully saturated rings. The molecule has 0 aliphatic rings. The summed E-state index contributed by atoms with van der Waals surface area (Å²) in [6.07, 6.45) is -0.881. The molecule has 0 bridgehead atoms. The van der Waals surface area contributed by atoms with Gasteiger partial charge in [-0.05, 0) is 48.6 Å². The van der Waals surface area contributed by atoms with Gasteiger partial charge in [0.05, 0.1) is 6.07 Å². The summed E-state index contributed by atoms with van der Waals surface area (Å²) in [4.78, 5) is 2.06. The summed E-state index contributed by atoms with van der Waals surface area (Å²) >= 11 is 0. The van der Waals surface area contributed by atoms with Gasteiger partial charge in [0.1, 0.15) is 12.1 Å². The molecule has 3 aromatic rings. The fourth-order valence-corrected chi connectivity index (χ4v) is 4.06. The molecule has 0 aliphatic carbocycles. The summed E-state index contributed by atoms with van der Waals surface area (Å²) in [5.74, 6) is 0. The highest BCUT2D eigenvalue weighted by Gasteiger charge is 2.29. The Morgan fingerprint density at radius 3 is 1.69 bits per heavy atom. The molecule has 0 heterocycles. The van der Waals surface area contributed by atoms with Crippen LogP contribution >= 0.6 is 0 Å². The standard InChI is InChI=1S/C26H28N2O/c1-19-14-20(2)25(21(3)15-19)26(29)24(16-27)28(17-22-10-6-4-7-11-22)18-23-12-8-5-9-13-23/h4-15,24,26,29H,17-18H2,1-3H3/t24-,26-/m1/s1. The average Bonchev–Trinajstić information content (AvgIpc) is 2.69. The van der Waals surface area contributed by atoms with Gasteiger partial charge >= 0.3 is 0 Å². The first-order valence-electron chi connectivity index (χ1n) is 9.97. The van der Waals surface area contributed by atoms with Crippen LogP contribution in [0.15, 0.2) is 72.8 Å². The van der Waals surface area contributed by atoms with Crippen LogP contribution in [0.5, 0.6) is 0 Å². The van der Waals surface area contributed by atoms with Gasteiger partial charge in [0.15, 0.2) is 0 Å². The zero-order valence-corrected chi connectivity index (χ0v) is 17.3. The lowest BCUT2D eigenvalue weighted by atomic mass is 9.91. The third-order valence-electron chi connectivity index (χ3n) is 5.32. The lowest BCUT2D eigenvalue weighted by molar-refractivity contribution is 0.0669. The number of aryl methyl sites for hydroxylation is 3. The maximum atomic E-state index is 11.3. The molecular weight excluding hydrogens is 356 g/mol. The fraction of sp³-hybridized carbons (Fsp3) is 0.269. The van der Waals surface area contributed by atoms with Crippen LogP contribution in [0, 0.1) is 32.1 Å². The van der Waals surface area contributed by atoms with Crippen molar-refractivity contribution in [3.63, 3.8) is 0 Å². The van der Waals surface area contributed by atoms with Gasteiger partial charge in [-0.3, -0.25) is 4.90 Å². The van der Waals surface area contributed by atoms with Crippen LogP contribution in [-0.2, 0) is 13.1 Å². The Kier molecular flexibility index (Phi) is 6.82. The molecule has 0 amide bonds. The average molecular weight is 385 g/mol. The molecule has 0 radical (unpaired) electrons. The Balaban J connectivity index is 1.96. The zero-order chi connectivity index (χ0) is 20.8. The van der Waals surface area contributed by atoms with Crippen LogP contribution in [0.1, 0.15) is 39.5 Å². The molecule has 3 nitrogen and oxygen atoms in total. The van der Waals surface area contributed by atoms with E-state index in [9.17, 15) is 10.4 Å². The van der Waals surface area contributed by atoms with Crippen molar-refractivity contribution in [2.45, 2.75) is 46.0 Å². The van der Waals surface area contributed by atoms with E-state index in [4.69, 9.17) is 0 Å². The second kappa shape index (κ2) is 9.52. The van der Waals surface area contributed by atoms with E-state index in [1.807, 2.05) is 50.2 Å². The van der Waals surface area contributed by atoms with Crippen LogP contribution in [0.3, 0.4) is 0 Å². The second-order valence-corrected chi connectivity index (χ2v) is 7.71. The highest BCUT2D eigenvalue weighted by atomic mass is 16.3. The molecule has 29 heavy (non-hydrogen) atoms. The van der Waals surface area contributed by atoms with Crippen LogP contribution in [0.2, 0.25) is 0 Å². The van der Waals surface area contributed by atoms with Crippen LogP contribution in [-0.4, -0.2) is 16.0 Å². The minimum atomic E-state index is -0.881. The van der Waals surface area contributed by atoms with Gasteiger partial charge in [-0.1, -0.05) is 78.4 Å². The summed E-state index contributed by atoms with van der Waals surface area (Å²) in [7, 11) is 0. The van der Waals surface area contributed by atoms with Crippen molar-refractivity contribution in [2.24, 2.45) is 0 Å². The smallest absolute Gasteiger partial charge is 0.129 e. The summed E-state index contributed by atoms with van der Waals surface area (Å²) < 4.78 is 0. The maximum absolute atomic E-state index is 11.3. The summed E-state index contributed by atoms with van der Waals surface area (Å²) in [6.45, 7) is 7.25. The van der Waals surface area contributed by atoms with E-state index in [1.54, 1.807) is 0 Å². The Morgan fingerprint density at radius 2 is 1.28 bits per heavy atom. The quantitative estimate of drug-likeness (QED) is 0.606. The van der Waals surface area contributed by atoms with Gasteiger partial charge in [-0.2, -0.15) is 5.26 Å². The van der Waals surface area contributed by atoms with E-state index in [-0.39, 0.29) is 0 Å². The van der Waals surface area contributed by atoms with Crippen LogP contribution in [0.25, 0.3) is 0 Å². The SMILES string of the molecule is Cc1cc(C)c([C@H](O)[C@@H](C#N)N(Cc2ccccc2)Cc2ccccc2)c(C)c1. The van der Waals surface area contributed by atoms with E-state index in [0.29, 0.717) is 13.1 Å². The fourth-order valence-electron chi connectivity index (χ4n) is 4.06. The van der Waals surface area contributed by atoms with Crippen molar-refractivity contribution in [3.8, 4) is 6.07 Å². The molecule has 0 saturated heterocycles. The monoisotopic (exact) mass is 384 g/mol. The van der Waals surface area contributed by atoms with Gasteiger partial charge in [0.25, 0.3) is 0 Å². The van der Waals surface area contributed by atoms with Gasteiger partial charge in [0.2, 0.25) is 0 Å². The van der Waals surface area contributed by atoms with Gasteiger partial charge in [-0.15, -0.1) is 0 Å². The maximum Gasteiger partial charge on any atom is 0.129 e. The van der Waals surface area contributed by atoms with Crippen molar-refractivity contribution in [2.75, 3.05) is 0 Å².